The Hall–Kier alpha value is -1.85. The first-order valence-corrected chi connectivity index (χ1v) is 7.05. The molecule has 1 fully saturated rings. The summed E-state index contributed by atoms with van der Waals surface area (Å²) < 4.78 is 11.2. The van der Waals surface area contributed by atoms with Gasteiger partial charge in [-0.3, -0.25) is 10.1 Å². The number of hydrogen-bond acceptors (Lipinski definition) is 4. The lowest BCUT2D eigenvalue weighted by Gasteiger charge is -2.39. The molecular weight excluding hydrogens is 294 g/mol. The van der Waals surface area contributed by atoms with Crippen molar-refractivity contribution in [3.05, 3.63) is 46.5 Å². The summed E-state index contributed by atoms with van der Waals surface area (Å²) in [5.74, 6) is 0.617. The summed E-state index contributed by atoms with van der Waals surface area (Å²) in [6.07, 6.45) is 0.425. The lowest BCUT2D eigenvalue weighted by molar-refractivity contribution is -0.383. The van der Waals surface area contributed by atoms with E-state index in [2.05, 4.69) is 0 Å². The molecule has 0 heterocycles. The van der Waals surface area contributed by atoms with Crippen molar-refractivity contribution in [3.63, 3.8) is 0 Å². The second-order valence-corrected chi connectivity index (χ2v) is 5.55. The Labute approximate surface area is 126 Å². The van der Waals surface area contributed by atoms with E-state index in [-0.39, 0.29) is 28.2 Å². The average Bonchev–Trinajstić information content (AvgIpc) is 2.46. The highest BCUT2D eigenvalue weighted by atomic mass is 35.5. The van der Waals surface area contributed by atoms with Crippen LogP contribution in [0.3, 0.4) is 0 Å². The predicted molar refractivity (Wildman–Crippen MR) is 80.1 cm³/mol. The number of rotatable bonds is 4. The predicted octanol–water partition coefficient (Wildman–Crippen LogP) is 3.52. The minimum atomic E-state index is -0.387. The number of fused-ring (bicyclic) bond motifs is 1. The molecule has 21 heavy (non-hydrogen) atoms. The molecular formula is C15H14ClNO4. The van der Waals surface area contributed by atoms with Gasteiger partial charge in [0.05, 0.1) is 15.7 Å². The number of hydrogen-bond donors (Lipinski definition) is 0. The van der Waals surface area contributed by atoms with Crippen molar-refractivity contribution in [2.24, 2.45) is 0 Å². The molecule has 0 aliphatic heterocycles. The van der Waals surface area contributed by atoms with E-state index in [0.717, 1.165) is 5.39 Å². The zero-order chi connectivity index (χ0) is 15.0. The molecule has 110 valence electrons. The first-order chi connectivity index (χ1) is 10.1. The molecule has 1 aliphatic carbocycles. The molecule has 3 rings (SSSR count). The third-order valence-corrected chi connectivity index (χ3v) is 4.22. The second-order valence-electron chi connectivity index (χ2n) is 4.99. The van der Waals surface area contributed by atoms with Gasteiger partial charge in [0.1, 0.15) is 18.0 Å². The molecule has 0 amide bonds. The van der Waals surface area contributed by atoms with Crippen LogP contribution in [-0.4, -0.2) is 29.6 Å². The molecule has 2 aromatic carbocycles. The Balaban J connectivity index is 1.97. The van der Waals surface area contributed by atoms with Crippen LogP contribution in [0.15, 0.2) is 36.4 Å². The van der Waals surface area contributed by atoms with Gasteiger partial charge in [-0.15, -0.1) is 11.6 Å². The zero-order valence-electron chi connectivity index (χ0n) is 11.4. The fourth-order valence-corrected chi connectivity index (χ4v) is 3.06. The highest BCUT2D eigenvalue weighted by molar-refractivity contribution is 6.21. The van der Waals surface area contributed by atoms with E-state index in [4.69, 9.17) is 21.1 Å². The molecule has 0 radical (unpaired) electrons. The molecule has 0 aromatic heterocycles. The van der Waals surface area contributed by atoms with E-state index >= 15 is 0 Å². The van der Waals surface area contributed by atoms with Crippen molar-refractivity contribution < 1.29 is 14.4 Å². The van der Waals surface area contributed by atoms with Crippen molar-refractivity contribution in [1.82, 2.24) is 0 Å². The smallest absolute Gasteiger partial charge is 0.277 e. The van der Waals surface area contributed by atoms with Gasteiger partial charge in [0.2, 0.25) is 0 Å². The van der Waals surface area contributed by atoms with Crippen LogP contribution in [0.1, 0.15) is 6.42 Å². The summed E-state index contributed by atoms with van der Waals surface area (Å²) in [4.78, 5) is 10.7. The highest BCUT2D eigenvalue weighted by Gasteiger charge is 2.42. The molecule has 0 N–H and O–H groups in total. The molecule has 6 heteroatoms. The number of non-ortho nitro benzene ring substituents is 1. The van der Waals surface area contributed by atoms with Gasteiger partial charge in [0, 0.05) is 25.0 Å². The third kappa shape index (κ3) is 2.43. The van der Waals surface area contributed by atoms with Gasteiger partial charge in [0.15, 0.2) is 0 Å². The van der Waals surface area contributed by atoms with Crippen LogP contribution in [-0.2, 0) is 4.74 Å². The Morgan fingerprint density at radius 3 is 2.57 bits per heavy atom. The maximum atomic E-state index is 11.1. The third-order valence-electron chi connectivity index (χ3n) is 3.79. The van der Waals surface area contributed by atoms with E-state index in [9.17, 15) is 10.1 Å². The van der Waals surface area contributed by atoms with Crippen molar-refractivity contribution in [2.45, 2.75) is 24.0 Å². The van der Waals surface area contributed by atoms with E-state index in [1.807, 2.05) is 12.1 Å². The number of benzene rings is 2. The maximum Gasteiger partial charge on any atom is 0.277 e. The van der Waals surface area contributed by atoms with E-state index in [1.165, 1.54) is 6.07 Å². The largest absolute Gasteiger partial charge is 0.487 e. The molecule has 1 saturated carbocycles. The van der Waals surface area contributed by atoms with Crippen LogP contribution < -0.4 is 4.74 Å². The van der Waals surface area contributed by atoms with Gasteiger partial charge in [-0.05, 0) is 12.1 Å². The summed E-state index contributed by atoms with van der Waals surface area (Å²) in [5, 5.41) is 12.3. The molecule has 2 aromatic rings. The van der Waals surface area contributed by atoms with E-state index in [0.29, 0.717) is 17.6 Å². The number of methoxy groups -OCH3 is 1. The molecule has 0 spiro atoms. The Kier molecular flexibility index (Phi) is 3.69. The SMILES string of the molecule is COC1C(Cl)CC1Oc1ccc([N+](=O)[O-])c2ccccc12. The van der Waals surface area contributed by atoms with Crippen LogP contribution in [0.4, 0.5) is 5.69 Å². The summed E-state index contributed by atoms with van der Waals surface area (Å²) in [6.45, 7) is 0. The zero-order valence-corrected chi connectivity index (χ0v) is 12.1. The Bertz CT molecular complexity index is 690. The minimum Gasteiger partial charge on any atom is -0.487 e. The minimum absolute atomic E-state index is 0.0516. The average molecular weight is 308 g/mol. The Morgan fingerprint density at radius 1 is 1.24 bits per heavy atom. The van der Waals surface area contributed by atoms with Gasteiger partial charge < -0.3 is 9.47 Å². The quantitative estimate of drug-likeness (QED) is 0.492. The molecule has 1 aliphatic rings. The molecule has 5 nitrogen and oxygen atoms in total. The fraction of sp³-hybridized carbons (Fsp3) is 0.333. The number of nitro groups is 1. The van der Waals surface area contributed by atoms with Gasteiger partial charge in [-0.2, -0.15) is 0 Å². The highest BCUT2D eigenvalue weighted by Crippen LogP contribution is 2.37. The molecule has 3 unspecified atom stereocenters. The van der Waals surface area contributed by atoms with Crippen molar-refractivity contribution in [3.8, 4) is 5.75 Å². The summed E-state index contributed by atoms with van der Waals surface area (Å²) in [7, 11) is 1.60. The number of nitrogens with zero attached hydrogens (tertiary/aromatic N) is 1. The monoisotopic (exact) mass is 307 g/mol. The van der Waals surface area contributed by atoms with Gasteiger partial charge in [-0.25, -0.2) is 0 Å². The first kappa shape index (κ1) is 14.1. The maximum absolute atomic E-state index is 11.1. The molecule has 0 saturated heterocycles. The summed E-state index contributed by atoms with van der Waals surface area (Å²) in [6, 6.07) is 10.2. The fourth-order valence-electron chi connectivity index (χ4n) is 2.62. The summed E-state index contributed by atoms with van der Waals surface area (Å²) >= 11 is 6.07. The number of ether oxygens (including phenoxy) is 2. The Morgan fingerprint density at radius 2 is 1.95 bits per heavy atom. The first-order valence-electron chi connectivity index (χ1n) is 6.61. The standard InChI is InChI=1S/C15H14ClNO4/c1-20-15-11(16)8-14(15)21-13-7-6-12(17(18)19)9-4-2-3-5-10(9)13/h2-7,11,14-15H,8H2,1H3. The number of nitro benzene ring substituents is 1. The number of alkyl halides is 1. The van der Waals surface area contributed by atoms with Crippen LogP contribution in [0.5, 0.6) is 5.75 Å². The van der Waals surface area contributed by atoms with Crippen molar-refractivity contribution in [2.75, 3.05) is 7.11 Å². The molecule has 3 atom stereocenters. The normalized spacial score (nSPS) is 24.6. The van der Waals surface area contributed by atoms with Crippen LogP contribution in [0.2, 0.25) is 0 Å². The summed E-state index contributed by atoms with van der Waals surface area (Å²) in [5.41, 5.74) is 0.0741. The van der Waals surface area contributed by atoms with Crippen molar-refractivity contribution >= 4 is 28.1 Å². The van der Waals surface area contributed by atoms with E-state index < -0.39 is 0 Å². The molecule has 0 bridgehead atoms. The van der Waals surface area contributed by atoms with E-state index in [1.54, 1.807) is 25.3 Å². The topological polar surface area (TPSA) is 61.6 Å². The van der Waals surface area contributed by atoms with Crippen LogP contribution in [0.25, 0.3) is 10.8 Å². The second kappa shape index (κ2) is 5.50. The van der Waals surface area contributed by atoms with Crippen LogP contribution >= 0.6 is 11.6 Å². The van der Waals surface area contributed by atoms with Crippen LogP contribution in [0, 0.1) is 10.1 Å². The number of halogens is 1. The lowest BCUT2D eigenvalue weighted by atomic mass is 9.91. The van der Waals surface area contributed by atoms with Gasteiger partial charge in [0.25, 0.3) is 5.69 Å². The van der Waals surface area contributed by atoms with Gasteiger partial charge >= 0.3 is 0 Å². The van der Waals surface area contributed by atoms with Crippen molar-refractivity contribution in [1.29, 1.82) is 0 Å². The lowest BCUT2D eigenvalue weighted by Crippen LogP contribution is -2.52. The van der Waals surface area contributed by atoms with Gasteiger partial charge in [-0.1, -0.05) is 18.2 Å².